The molecule has 0 spiro atoms. The van der Waals surface area contributed by atoms with Gasteiger partial charge in [0.15, 0.2) is 0 Å². The molecule has 0 bridgehead atoms. The van der Waals surface area contributed by atoms with E-state index in [2.05, 4.69) is 24.1 Å². The van der Waals surface area contributed by atoms with Gasteiger partial charge in [-0.05, 0) is 24.5 Å². The zero-order chi connectivity index (χ0) is 14.7. The second-order valence-corrected chi connectivity index (χ2v) is 6.15. The van der Waals surface area contributed by atoms with Gasteiger partial charge in [-0.15, -0.1) is 0 Å². The van der Waals surface area contributed by atoms with Gasteiger partial charge in [0.1, 0.15) is 11.6 Å². The molecule has 1 aliphatic rings. The molecule has 20 heavy (non-hydrogen) atoms. The third-order valence-corrected chi connectivity index (χ3v) is 3.88. The van der Waals surface area contributed by atoms with Crippen LogP contribution in [0.3, 0.4) is 0 Å². The van der Waals surface area contributed by atoms with Crippen molar-refractivity contribution in [2.24, 2.45) is 5.92 Å². The molecule has 0 aromatic heterocycles. The molecule has 0 unspecified atom stereocenters. The van der Waals surface area contributed by atoms with E-state index in [4.69, 9.17) is 11.6 Å². The summed E-state index contributed by atoms with van der Waals surface area (Å²) < 4.78 is 28.4. The summed E-state index contributed by atoms with van der Waals surface area (Å²) in [4.78, 5) is 2.16. The van der Waals surface area contributed by atoms with Crippen molar-refractivity contribution >= 4 is 11.6 Å². The molecule has 112 valence electrons. The highest BCUT2D eigenvalue weighted by Crippen LogP contribution is 2.33. The molecule has 1 N–H and O–H groups in total. The van der Waals surface area contributed by atoms with E-state index in [1.165, 1.54) is 12.1 Å². The maximum atomic E-state index is 14.2. The number of hydrogen-bond acceptors (Lipinski definition) is 2. The predicted molar refractivity (Wildman–Crippen MR) is 78.0 cm³/mol. The van der Waals surface area contributed by atoms with Gasteiger partial charge in [-0.3, -0.25) is 4.90 Å². The number of halogens is 3. The molecule has 0 saturated carbocycles. The first-order valence-corrected chi connectivity index (χ1v) is 7.46. The highest BCUT2D eigenvalue weighted by molar-refractivity contribution is 6.30. The summed E-state index contributed by atoms with van der Waals surface area (Å²) in [6.07, 6.45) is 0.732. The van der Waals surface area contributed by atoms with Gasteiger partial charge >= 0.3 is 0 Å². The molecule has 1 heterocycles. The molecule has 1 saturated heterocycles. The third-order valence-electron chi connectivity index (χ3n) is 3.66. The molecular formula is C15H21ClF2N2. The minimum absolute atomic E-state index is 0.104. The average Bonchev–Trinajstić information content (AvgIpc) is 2.37. The summed E-state index contributed by atoms with van der Waals surface area (Å²) >= 11 is 5.71. The Hall–Kier alpha value is -0.710. The van der Waals surface area contributed by atoms with Gasteiger partial charge in [-0.2, -0.15) is 0 Å². The normalized spacial score (nSPS) is 18.5. The smallest absolute Gasteiger partial charge is 0.132 e. The van der Waals surface area contributed by atoms with E-state index in [0.29, 0.717) is 5.92 Å². The lowest BCUT2D eigenvalue weighted by atomic mass is 9.94. The van der Waals surface area contributed by atoms with E-state index in [1.54, 1.807) is 0 Å². The number of piperazine rings is 1. The van der Waals surface area contributed by atoms with Crippen LogP contribution in [-0.4, -0.2) is 31.1 Å². The highest BCUT2D eigenvalue weighted by Gasteiger charge is 2.28. The van der Waals surface area contributed by atoms with Gasteiger partial charge in [-0.1, -0.05) is 25.4 Å². The molecule has 1 atom stereocenters. The summed E-state index contributed by atoms with van der Waals surface area (Å²) in [5.74, 6) is -0.720. The van der Waals surface area contributed by atoms with Crippen LogP contribution in [0.1, 0.15) is 31.9 Å². The van der Waals surface area contributed by atoms with E-state index in [0.717, 1.165) is 32.6 Å². The fourth-order valence-corrected chi connectivity index (χ4v) is 2.95. The first-order valence-electron chi connectivity index (χ1n) is 7.08. The Bertz CT molecular complexity index is 436. The van der Waals surface area contributed by atoms with E-state index in [1.807, 2.05) is 0 Å². The van der Waals surface area contributed by atoms with Crippen LogP contribution in [0.2, 0.25) is 5.02 Å². The van der Waals surface area contributed by atoms with Gasteiger partial charge in [-0.25, -0.2) is 8.78 Å². The van der Waals surface area contributed by atoms with Crippen molar-refractivity contribution < 1.29 is 8.78 Å². The fourth-order valence-electron chi connectivity index (χ4n) is 2.76. The van der Waals surface area contributed by atoms with Gasteiger partial charge in [0, 0.05) is 42.8 Å². The topological polar surface area (TPSA) is 15.3 Å². The molecule has 0 radical (unpaired) electrons. The van der Waals surface area contributed by atoms with Crippen molar-refractivity contribution in [1.29, 1.82) is 0 Å². The van der Waals surface area contributed by atoms with Crippen molar-refractivity contribution in [3.63, 3.8) is 0 Å². The summed E-state index contributed by atoms with van der Waals surface area (Å²) in [5.41, 5.74) is 0.157. The van der Waals surface area contributed by atoms with Crippen LogP contribution in [0, 0.1) is 17.6 Å². The monoisotopic (exact) mass is 302 g/mol. The van der Waals surface area contributed by atoms with Crippen LogP contribution in [0.15, 0.2) is 12.1 Å². The van der Waals surface area contributed by atoms with Crippen LogP contribution >= 0.6 is 11.6 Å². The van der Waals surface area contributed by atoms with E-state index in [-0.39, 0.29) is 16.6 Å². The standard InChI is InChI=1S/C15H21ClF2N2/c1-10(2)7-14(20-5-3-19-4-6-20)15-12(17)8-11(16)9-13(15)18/h8-10,14,19H,3-7H2,1-2H3/t14-/m1/s1. The Kier molecular flexibility index (Phi) is 5.35. The lowest BCUT2D eigenvalue weighted by molar-refractivity contribution is 0.147. The maximum Gasteiger partial charge on any atom is 0.132 e. The Morgan fingerprint density at radius 2 is 1.75 bits per heavy atom. The predicted octanol–water partition coefficient (Wildman–Crippen LogP) is 3.61. The lowest BCUT2D eigenvalue weighted by Crippen LogP contribution is -2.45. The van der Waals surface area contributed by atoms with Crippen molar-refractivity contribution in [3.05, 3.63) is 34.4 Å². The quantitative estimate of drug-likeness (QED) is 0.914. The molecule has 1 aromatic carbocycles. The third kappa shape index (κ3) is 3.68. The number of nitrogens with one attached hydrogen (secondary N) is 1. The average molecular weight is 303 g/mol. The minimum atomic E-state index is -0.542. The highest BCUT2D eigenvalue weighted by atomic mass is 35.5. The fraction of sp³-hybridized carbons (Fsp3) is 0.600. The maximum absolute atomic E-state index is 14.2. The van der Waals surface area contributed by atoms with Crippen LogP contribution < -0.4 is 5.32 Å². The zero-order valence-corrected chi connectivity index (χ0v) is 12.7. The molecule has 0 amide bonds. The Labute approximate surface area is 124 Å². The van der Waals surface area contributed by atoms with Crippen molar-refractivity contribution in [2.45, 2.75) is 26.3 Å². The summed E-state index contributed by atoms with van der Waals surface area (Å²) in [6.45, 7) is 7.45. The molecule has 0 aliphatic carbocycles. The van der Waals surface area contributed by atoms with Crippen molar-refractivity contribution in [1.82, 2.24) is 10.2 Å². The van der Waals surface area contributed by atoms with Gasteiger partial charge < -0.3 is 5.32 Å². The summed E-state index contributed by atoms with van der Waals surface area (Å²) in [6, 6.07) is 2.18. The minimum Gasteiger partial charge on any atom is -0.314 e. The van der Waals surface area contributed by atoms with Gasteiger partial charge in [0.05, 0.1) is 0 Å². The van der Waals surface area contributed by atoms with Gasteiger partial charge in [0.2, 0.25) is 0 Å². The number of hydrogen-bond donors (Lipinski definition) is 1. The SMILES string of the molecule is CC(C)C[C@H](c1c(F)cc(Cl)cc1F)N1CCNCC1. The van der Waals surface area contributed by atoms with Crippen LogP contribution in [0.5, 0.6) is 0 Å². The number of benzene rings is 1. The van der Waals surface area contributed by atoms with Crippen LogP contribution in [0.25, 0.3) is 0 Å². The first-order chi connectivity index (χ1) is 9.49. The molecule has 1 aliphatic heterocycles. The molecule has 2 rings (SSSR count). The first kappa shape index (κ1) is 15.7. The van der Waals surface area contributed by atoms with Crippen molar-refractivity contribution in [2.75, 3.05) is 26.2 Å². The number of nitrogens with zero attached hydrogens (tertiary/aromatic N) is 1. The summed E-state index contributed by atoms with van der Waals surface area (Å²) in [7, 11) is 0. The van der Waals surface area contributed by atoms with Crippen molar-refractivity contribution in [3.8, 4) is 0 Å². The molecule has 1 aromatic rings. The Morgan fingerprint density at radius 3 is 2.25 bits per heavy atom. The lowest BCUT2D eigenvalue weighted by Gasteiger charge is -2.36. The second-order valence-electron chi connectivity index (χ2n) is 5.71. The molecular weight excluding hydrogens is 282 g/mol. The van der Waals surface area contributed by atoms with Crippen LogP contribution in [-0.2, 0) is 0 Å². The zero-order valence-electron chi connectivity index (χ0n) is 11.9. The van der Waals surface area contributed by atoms with E-state index < -0.39 is 11.6 Å². The van der Waals surface area contributed by atoms with Gasteiger partial charge in [0.25, 0.3) is 0 Å². The largest absolute Gasteiger partial charge is 0.314 e. The summed E-state index contributed by atoms with van der Waals surface area (Å²) in [5, 5.41) is 3.37. The number of rotatable bonds is 4. The molecule has 2 nitrogen and oxygen atoms in total. The Morgan fingerprint density at radius 1 is 1.20 bits per heavy atom. The van der Waals surface area contributed by atoms with E-state index >= 15 is 0 Å². The molecule has 1 fully saturated rings. The van der Waals surface area contributed by atoms with E-state index in [9.17, 15) is 8.78 Å². The second kappa shape index (κ2) is 6.83. The molecule has 5 heteroatoms. The van der Waals surface area contributed by atoms with Crippen LogP contribution in [0.4, 0.5) is 8.78 Å². The Balaban J connectivity index is 2.35.